The van der Waals surface area contributed by atoms with Gasteiger partial charge in [0.2, 0.25) is 0 Å². The Bertz CT molecular complexity index is 803. The summed E-state index contributed by atoms with van der Waals surface area (Å²) in [5.74, 6) is -2.69. The van der Waals surface area contributed by atoms with E-state index in [1.807, 2.05) is 6.92 Å². The van der Waals surface area contributed by atoms with Gasteiger partial charge in [0.1, 0.15) is 17.9 Å². The maximum absolute atomic E-state index is 13.0. The molecule has 1 fully saturated rings. The highest BCUT2D eigenvalue weighted by Crippen LogP contribution is 2.24. The lowest BCUT2D eigenvalue weighted by Gasteiger charge is -2.21. The van der Waals surface area contributed by atoms with E-state index in [0.29, 0.717) is 6.42 Å². The van der Waals surface area contributed by atoms with Gasteiger partial charge in [0.15, 0.2) is 6.61 Å². The minimum absolute atomic E-state index is 0.00891. The third-order valence-electron chi connectivity index (χ3n) is 4.23. The second-order valence-corrected chi connectivity index (χ2v) is 7.00. The number of halogens is 2. The Morgan fingerprint density at radius 1 is 1.36 bits per heavy atom. The van der Waals surface area contributed by atoms with Gasteiger partial charge in [-0.25, -0.2) is 9.18 Å². The van der Waals surface area contributed by atoms with Crippen LogP contribution >= 0.6 is 11.6 Å². The van der Waals surface area contributed by atoms with Crippen molar-refractivity contribution in [2.24, 2.45) is 0 Å². The van der Waals surface area contributed by atoms with Crippen molar-refractivity contribution >= 4 is 41.1 Å². The molecule has 1 heterocycles. The molecule has 2 rings (SSSR count). The van der Waals surface area contributed by atoms with E-state index in [2.05, 4.69) is 10.6 Å². The van der Waals surface area contributed by atoms with Crippen LogP contribution in [0.5, 0.6) is 0 Å². The highest BCUT2D eigenvalue weighted by atomic mass is 35.5. The lowest BCUT2D eigenvalue weighted by molar-refractivity contribution is -0.150. The average molecular weight is 414 g/mol. The molecule has 0 radical (unpaired) electrons. The van der Waals surface area contributed by atoms with Crippen molar-refractivity contribution in [2.45, 2.75) is 38.6 Å². The summed E-state index contributed by atoms with van der Waals surface area (Å²) >= 11 is 5.79. The molecule has 10 heteroatoms. The summed E-state index contributed by atoms with van der Waals surface area (Å²) in [6.07, 6.45) is 2.06. The zero-order chi connectivity index (χ0) is 20.9. The number of unbranched alkanes of at least 4 members (excludes halogenated alkanes) is 1. The molecule has 0 spiro atoms. The molecule has 8 nitrogen and oxygen atoms in total. The molecule has 0 bridgehead atoms. The van der Waals surface area contributed by atoms with Crippen LogP contribution in [-0.4, -0.2) is 47.4 Å². The number of ether oxygens (including phenoxy) is 1. The van der Waals surface area contributed by atoms with Gasteiger partial charge in [-0.2, -0.15) is 0 Å². The molecule has 1 aliphatic rings. The molecule has 1 saturated heterocycles. The molecule has 152 valence electrons. The molecule has 1 aliphatic heterocycles. The zero-order valence-corrected chi connectivity index (χ0v) is 16.3. The van der Waals surface area contributed by atoms with Gasteiger partial charge >= 0.3 is 12.0 Å². The molecule has 0 unspecified atom stereocenters. The molecule has 1 aromatic carbocycles. The predicted molar refractivity (Wildman–Crippen MR) is 99.2 cm³/mol. The molecule has 0 saturated carbocycles. The van der Waals surface area contributed by atoms with Crippen LogP contribution in [0.2, 0.25) is 5.02 Å². The Morgan fingerprint density at radius 3 is 2.71 bits per heavy atom. The number of amides is 4. The first-order valence-corrected chi connectivity index (χ1v) is 9.08. The van der Waals surface area contributed by atoms with E-state index < -0.39 is 48.3 Å². The fraction of sp³-hybridized carbons (Fsp3) is 0.444. The van der Waals surface area contributed by atoms with E-state index >= 15 is 0 Å². The second kappa shape index (κ2) is 9.01. The third kappa shape index (κ3) is 5.19. The number of nitrogens with one attached hydrogen (secondary N) is 2. The molecule has 28 heavy (non-hydrogen) atoms. The maximum Gasteiger partial charge on any atom is 0.326 e. The Morgan fingerprint density at radius 2 is 2.07 bits per heavy atom. The van der Waals surface area contributed by atoms with Crippen molar-refractivity contribution in [3.63, 3.8) is 0 Å². The molecule has 0 aliphatic carbocycles. The molecular formula is C18H21ClFN3O5. The first-order chi connectivity index (χ1) is 13.2. The van der Waals surface area contributed by atoms with Crippen LogP contribution in [0, 0.1) is 5.82 Å². The Kier molecular flexibility index (Phi) is 6.95. The van der Waals surface area contributed by atoms with Crippen molar-refractivity contribution < 1.29 is 28.3 Å². The van der Waals surface area contributed by atoms with Gasteiger partial charge in [0.25, 0.3) is 11.8 Å². The Hall–Kier alpha value is -2.68. The lowest BCUT2D eigenvalue weighted by atomic mass is 9.95. The summed E-state index contributed by atoms with van der Waals surface area (Å²) in [5.41, 5.74) is -0.894. The van der Waals surface area contributed by atoms with E-state index in [0.717, 1.165) is 29.9 Å². The number of urea groups is 1. The number of benzene rings is 1. The first-order valence-electron chi connectivity index (χ1n) is 8.71. The number of nitrogens with zero attached hydrogens (tertiary/aromatic N) is 1. The van der Waals surface area contributed by atoms with Gasteiger partial charge in [-0.05, 0) is 31.5 Å². The van der Waals surface area contributed by atoms with E-state index in [4.69, 9.17) is 16.3 Å². The van der Waals surface area contributed by atoms with Crippen LogP contribution in [0.4, 0.5) is 14.9 Å². The fourth-order valence-corrected chi connectivity index (χ4v) is 2.90. The van der Waals surface area contributed by atoms with Crippen LogP contribution < -0.4 is 10.6 Å². The smallest absolute Gasteiger partial charge is 0.326 e. The van der Waals surface area contributed by atoms with Crippen LogP contribution in [-0.2, 0) is 19.1 Å². The summed E-state index contributed by atoms with van der Waals surface area (Å²) in [5, 5.41) is 4.94. The van der Waals surface area contributed by atoms with E-state index in [9.17, 15) is 23.6 Å². The highest BCUT2D eigenvalue weighted by molar-refractivity contribution is 6.33. The number of anilines is 1. The van der Waals surface area contributed by atoms with Crippen molar-refractivity contribution in [1.82, 2.24) is 10.2 Å². The minimum Gasteiger partial charge on any atom is -0.454 e. The van der Waals surface area contributed by atoms with Gasteiger partial charge in [-0.1, -0.05) is 31.4 Å². The van der Waals surface area contributed by atoms with Crippen LogP contribution in [0.3, 0.4) is 0 Å². The average Bonchev–Trinajstić information content (AvgIpc) is 2.84. The summed E-state index contributed by atoms with van der Waals surface area (Å²) in [7, 11) is 0. The molecular weight excluding hydrogens is 393 g/mol. The van der Waals surface area contributed by atoms with E-state index in [-0.39, 0.29) is 10.7 Å². The number of rotatable bonds is 8. The molecule has 1 aromatic rings. The van der Waals surface area contributed by atoms with Gasteiger partial charge in [0, 0.05) is 0 Å². The predicted octanol–water partition coefficient (Wildman–Crippen LogP) is 2.46. The summed E-state index contributed by atoms with van der Waals surface area (Å²) in [6, 6.07) is 2.72. The van der Waals surface area contributed by atoms with E-state index in [1.165, 1.54) is 6.07 Å². The van der Waals surface area contributed by atoms with Gasteiger partial charge < -0.3 is 15.4 Å². The first kappa shape index (κ1) is 21.6. The normalized spacial score (nSPS) is 18.8. The zero-order valence-electron chi connectivity index (χ0n) is 15.5. The SMILES string of the molecule is CCCC[C@@]1(C)NC(=O)N(CC(=O)OCC(=O)Nc2ccc(F)cc2Cl)C1=O. The van der Waals surface area contributed by atoms with Gasteiger partial charge in [0.05, 0.1) is 10.7 Å². The number of imide groups is 1. The fourth-order valence-electron chi connectivity index (χ4n) is 2.69. The van der Waals surface area contributed by atoms with Gasteiger partial charge in [-0.15, -0.1) is 0 Å². The van der Waals surface area contributed by atoms with Crippen LogP contribution in [0.1, 0.15) is 33.1 Å². The second-order valence-electron chi connectivity index (χ2n) is 6.59. The highest BCUT2D eigenvalue weighted by Gasteiger charge is 2.47. The molecule has 0 aromatic heterocycles. The molecule has 4 amide bonds. The van der Waals surface area contributed by atoms with Crippen molar-refractivity contribution in [3.8, 4) is 0 Å². The van der Waals surface area contributed by atoms with E-state index in [1.54, 1.807) is 6.92 Å². The van der Waals surface area contributed by atoms with Crippen molar-refractivity contribution in [3.05, 3.63) is 29.0 Å². The van der Waals surface area contributed by atoms with Gasteiger partial charge in [-0.3, -0.25) is 19.3 Å². The topological polar surface area (TPSA) is 105 Å². The summed E-state index contributed by atoms with van der Waals surface area (Å²) in [6.45, 7) is 2.32. The quantitative estimate of drug-likeness (QED) is 0.503. The number of hydrogen-bond donors (Lipinski definition) is 2. The summed E-state index contributed by atoms with van der Waals surface area (Å²) < 4.78 is 17.8. The third-order valence-corrected chi connectivity index (χ3v) is 4.54. The summed E-state index contributed by atoms with van der Waals surface area (Å²) in [4.78, 5) is 49.0. The minimum atomic E-state index is -1.05. The molecule has 1 atom stereocenters. The monoisotopic (exact) mass is 413 g/mol. The number of esters is 1. The maximum atomic E-state index is 13.0. The lowest BCUT2D eigenvalue weighted by Crippen LogP contribution is -2.44. The molecule has 2 N–H and O–H groups in total. The van der Waals surface area contributed by atoms with Crippen molar-refractivity contribution in [1.29, 1.82) is 0 Å². The number of carbonyl (C=O) groups excluding carboxylic acids is 4. The largest absolute Gasteiger partial charge is 0.454 e. The Balaban J connectivity index is 1.85. The Labute approximate surface area is 166 Å². The standard InChI is InChI=1S/C18H21ClFN3O5/c1-3-4-7-18(2)16(26)23(17(27)22-18)9-15(25)28-10-14(24)21-13-6-5-11(20)8-12(13)19/h5-6,8H,3-4,7,9-10H2,1-2H3,(H,21,24)(H,22,27)/t18-/m1/s1. The number of hydrogen-bond acceptors (Lipinski definition) is 5. The number of carbonyl (C=O) groups is 4. The van der Waals surface area contributed by atoms with Crippen LogP contribution in [0.25, 0.3) is 0 Å². The van der Waals surface area contributed by atoms with Crippen molar-refractivity contribution in [2.75, 3.05) is 18.5 Å². The van der Waals surface area contributed by atoms with Crippen LogP contribution in [0.15, 0.2) is 18.2 Å².